The summed E-state index contributed by atoms with van der Waals surface area (Å²) in [5.41, 5.74) is 9.92. The second-order valence-electron chi connectivity index (χ2n) is 10.2. The maximum absolute atomic E-state index is 6.38. The summed E-state index contributed by atoms with van der Waals surface area (Å²) >= 11 is 0. The molecular weight excluding hydrogens is 506 g/mol. The molecule has 0 saturated carbocycles. The van der Waals surface area contributed by atoms with Crippen molar-refractivity contribution in [1.82, 2.24) is 14.5 Å². The molecule has 5 aromatic carbocycles. The zero-order chi connectivity index (χ0) is 26.9. The van der Waals surface area contributed by atoms with E-state index in [2.05, 4.69) is 71.3 Å². The molecule has 5 nitrogen and oxygen atoms in total. The van der Waals surface area contributed by atoms with Crippen molar-refractivity contribution in [2.75, 3.05) is 0 Å². The Bertz CT molecular complexity index is 2320. The van der Waals surface area contributed by atoms with Crippen molar-refractivity contribution in [1.29, 1.82) is 0 Å². The summed E-state index contributed by atoms with van der Waals surface area (Å²) in [6.07, 6.45) is 0. The van der Waals surface area contributed by atoms with Crippen molar-refractivity contribution in [2.24, 2.45) is 0 Å². The predicted octanol–water partition coefficient (Wildman–Crippen LogP) is 9.55. The summed E-state index contributed by atoms with van der Waals surface area (Å²) < 4.78 is 14.9. The molecule has 9 rings (SSSR count). The minimum Gasteiger partial charge on any atom is -0.450 e. The van der Waals surface area contributed by atoms with Gasteiger partial charge in [-0.15, -0.1) is 0 Å². The Morgan fingerprint density at radius 3 is 1.61 bits per heavy atom. The molecule has 0 aliphatic heterocycles. The summed E-state index contributed by atoms with van der Waals surface area (Å²) in [6, 6.07) is 43.3. The average Bonchev–Trinajstić information content (AvgIpc) is 3.69. The molecule has 4 aromatic heterocycles. The van der Waals surface area contributed by atoms with Gasteiger partial charge in [-0.1, -0.05) is 97.1 Å². The lowest BCUT2D eigenvalue weighted by atomic mass is 10.0. The smallest absolute Gasteiger partial charge is 0.236 e. The van der Waals surface area contributed by atoms with E-state index in [0.717, 1.165) is 60.7 Å². The zero-order valence-corrected chi connectivity index (χ0v) is 21.8. The minimum absolute atomic E-state index is 0.573. The fourth-order valence-electron chi connectivity index (χ4n) is 5.96. The largest absolute Gasteiger partial charge is 0.450 e. The molecule has 0 unspecified atom stereocenters. The van der Waals surface area contributed by atoms with Crippen LogP contribution in [0.2, 0.25) is 0 Å². The first-order chi connectivity index (χ1) is 20.3. The number of benzene rings is 5. The lowest BCUT2D eigenvalue weighted by Gasteiger charge is -2.12. The molecule has 0 saturated heterocycles. The molecule has 0 aliphatic carbocycles. The van der Waals surface area contributed by atoms with Crippen LogP contribution in [-0.4, -0.2) is 14.5 Å². The highest BCUT2D eigenvalue weighted by molar-refractivity contribution is 6.20. The van der Waals surface area contributed by atoms with Gasteiger partial charge in [0.25, 0.3) is 0 Å². The molecule has 0 spiro atoms. The predicted molar refractivity (Wildman–Crippen MR) is 164 cm³/mol. The van der Waals surface area contributed by atoms with Gasteiger partial charge in [0.05, 0.1) is 11.2 Å². The molecule has 0 atom stereocenters. The van der Waals surface area contributed by atoms with E-state index in [1.54, 1.807) is 0 Å². The van der Waals surface area contributed by atoms with Crippen molar-refractivity contribution >= 4 is 55.0 Å². The van der Waals surface area contributed by atoms with Crippen LogP contribution in [0.15, 0.2) is 136 Å². The average molecular weight is 528 g/mol. The molecule has 0 bridgehead atoms. The number of hydrogen-bond acceptors (Lipinski definition) is 4. The van der Waals surface area contributed by atoms with E-state index in [-0.39, 0.29) is 0 Å². The Labute approximate surface area is 233 Å². The molecule has 0 N–H and O–H groups in total. The summed E-state index contributed by atoms with van der Waals surface area (Å²) in [5.74, 6) is 0.573. The van der Waals surface area contributed by atoms with Crippen LogP contribution in [0.4, 0.5) is 0 Å². The highest BCUT2D eigenvalue weighted by atomic mass is 16.4. The van der Waals surface area contributed by atoms with Crippen molar-refractivity contribution in [3.05, 3.63) is 127 Å². The van der Waals surface area contributed by atoms with Crippen molar-refractivity contribution in [2.45, 2.75) is 0 Å². The minimum atomic E-state index is 0.573. The molecule has 41 heavy (non-hydrogen) atoms. The van der Waals surface area contributed by atoms with Gasteiger partial charge in [0.2, 0.25) is 5.95 Å². The summed E-state index contributed by atoms with van der Waals surface area (Å²) in [4.78, 5) is 10.4. The molecule has 0 radical (unpaired) electrons. The maximum Gasteiger partial charge on any atom is 0.236 e. The number of para-hydroxylation sites is 3. The van der Waals surface area contributed by atoms with Crippen LogP contribution in [-0.2, 0) is 0 Å². The third kappa shape index (κ3) is 3.23. The van der Waals surface area contributed by atoms with Crippen LogP contribution in [0.25, 0.3) is 83.4 Å². The number of rotatable bonds is 3. The molecule has 0 fully saturated rings. The summed E-state index contributed by atoms with van der Waals surface area (Å²) in [5, 5.41) is 2.98. The first kappa shape index (κ1) is 22.2. The lowest BCUT2D eigenvalue weighted by Crippen LogP contribution is -2.03. The van der Waals surface area contributed by atoms with Gasteiger partial charge in [0.1, 0.15) is 22.2 Å². The van der Waals surface area contributed by atoms with Crippen LogP contribution < -0.4 is 0 Å². The normalized spacial score (nSPS) is 11.9. The Balaban J connectivity index is 1.36. The van der Waals surface area contributed by atoms with Gasteiger partial charge in [-0.25, -0.2) is 9.97 Å². The van der Waals surface area contributed by atoms with Crippen LogP contribution in [0.5, 0.6) is 0 Å². The standard InChI is InChI=1S/C36H21N3O2/c1-2-10-22(11-3-1)23-18-20-24(21-19-23)31-25-12-4-7-15-28(25)37-36(38-31)39-32-26-13-5-8-16-29(26)40-34(32)35-33(39)27-14-6-9-17-30(27)41-35/h1-21H. The van der Waals surface area contributed by atoms with Gasteiger partial charge in [0, 0.05) is 21.7 Å². The van der Waals surface area contributed by atoms with E-state index in [0.29, 0.717) is 17.1 Å². The van der Waals surface area contributed by atoms with Gasteiger partial charge < -0.3 is 8.83 Å². The summed E-state index contributed by atoms with van der Waals surface area (Å²) in [7, 11) is 0. The van der Waals surface area contributed by atoms with E-state index in [1.165, 1.54) is 5.56 Å². The number of furan rings is 2. The third-order valence-corrected chi connectivity index (χ3v) is 7.85. The Hall–Kier alpha value is -5.68. The SMILES string of the molecule is c1ccc(-c2ccc(-c3nc(-n4c5c6ccccc6oc5c5oc6ccccc6c54)nc4ccccc34)cc2)cc1. The summed E-state index contributed by atoms with van der Waals surface area (Å²) in [6.45, 7) is 0. The number of fused-ring (bicyclic) bond motifs is 8. The topological polar surface area (TPSA) is 57.0 Å². The van der Waals surface area contributed by atoms with Gasteiger partial charge in [-0.3, -0.25) is 4.57 Å². The molecule has 0 amide bonds. The third-order valence-electron chi connectivity index (χ3n) is 7.85. The van der Waals surface area contributed by atoms with E-state index in [1.807, 2.05) is 60.7 Å². The van der Waals surface area contributed by atoms with E-state index in [9.17, 15) is 0 Å². The van der Waals surface area contributed by atoms with Crippen LogP contribution >= 0.6 is 0 Å². The van der Waals surface area contributed by atoms with Crippen molar-refractivity contribution in [3.63, 3.8) is 0 Å². The van der Waals surface area contributed by atoms with Gasteiger partial charge in [-0.05, 0) is 41.5 Å². The quantitative estimate of drug-likeness (QED) is 0.230. The molecule has 4 heterocycles. The highest BCUT2D eigenvalue weighted by Gasteiger charge is 2.26. The van der Waals surface area contributed by atoms with Crippen LogP contribution in [0.1, 0.15) is 0 Å². The molecule has 192 valence electrons. The van der Waals surface area contributed by atoms with Gasteiger partial charge in [0.15, 0.2) is 11.2 Å². The van der Waals surface area contributed by atoms with Crippen molar-refractivity contribution < 1.29 is 8.83 Å². The fourth-order valence-corrected chi connectivity index (χ4v) is 5.96. The maximum atomic E-state index is 6.38. The Kier molecular flexibility index (Phi) is 4.55. The van der Waals surface area contributed by atoms with Crippen LogP contribution in [0, 0.1) is 0 Å². The molecular formula is C36H21N3O2. The van der Waals surface area contributed by atoms with Crippen LogP contribution in [0.3, 0.4) is 0 Å². The number of aromatic nitrogens is 3. The highest BCUT2D eigenvalue weighted by Crippen LogP contribution is 2.43. The Morgan fingerprint density at radius 2 is 0.951 bits per heavy atom. The second-order valence-corrected chi connectivity index (χ2v) is 10.2. The fraction of sp³-hybridized carbons (Fsp3) is 0. The molecule has 5 heteroatoms. The number of hydrogen-bond donors (Lipinski definition) is 0. The first-order valence-electron chi connectivity index (χ1n) is 13.6. The van der Waals surface area contributed by atoms with E-state index in [4.69, 9.17) is 18.8 Å². The Morgan fingerprint density at radius 1 is 0.439 bits per heavy atom. The first-order valence-corrected chi connectivity index (χ1v) is 13.6. The molecule has 9 aromatic rings. The van der Waals surface area contributed by atoms with E-state index >= 15 is 0 Å². The zero-order valence-electron chi connectivity index (χ0n) is 21.8. The molecule has 0 aliphatic rings. The second kappa shape index (κ2) is 8.41. The van der Waals surface area contributed by atoms with E-state index < -0.39 is 0 Å². The van der Waals surface area contributed by atoms with Crippen molar-refractivity contribution in [3.8, 4) is 28.3 Å². The number of nitrogens with zero attached hydrogens (tertiary/aromatic N) is 3. The lowest BCUT2D eigenvalue weighted by molar-refractivity contribution is 0.634. The monoisotopic (exact) mass is 527 g/mol. The van der Waals surface area contributed by atoms with Gasteiger partial charge >= 0.3 is 0 Å². The van der Waals surface area contributed by atoms with Gasteiger partial charge in [-0.2, -0.15) is 0 Å².